The Morgan fingerprint density at radius 1 is 1.20 bits per heavy atom. The van der Waals surface area contributed by atoms with Crippen molar-refractivity contribution in [3.05, 3.63) is 48.3 Å². The number of carbonyl (C=O) groups is 3. The van der Waals surface area contributed by atoms with Crippen LogP contribution in [0.1, 0.15) is 48.5 Å². The number of β-lactam (4-membered cyclic amide) rings is 1. The first-order valence-electron chi connectivity index (χ1n) is 11.0. The van der Waals surface area contributed by atoms with Gasteiger partial charge in [-0.15, -0.1) is 11.3 Å². The van der Waals surface area contributed by atoms with E-state index < -0.39 is 40.3 Å². The van der Waals surface area contributed by atoms with Gasteiger partial charge in [-0.25, -0.2) is 9.78 Å². The fraction of sp³-hybridized carbons (Fsp3) is 0.440. The largest absolute Gasteiger partial charge is 0.458 e. The van der Waals surface area contributed by atoms with Gasteiger partial charge < -0.3 is 14.4 Å². The molecule has 0 spiro atoms. The van der Waals surface area contributed by atoms with Crippen molar-refractivity contribution in [1.82, 2.24) is 9.88 Å². The van der Waals surface area contributed by atoms with Crippen molar-refractivity contribution in [1.29, 1.82) is 0 Å². The van der Waals surface area contributed by atoms with E-state index >= 15 is 0 Å². The average Bonchev–Trinajstić information content (AvgIpc) is 3.14. The van der Waals surface area contributed by atoms with Gasteiger partial charge in [0.15, 0.2) is 10.4 Å². The van der Waals surface area contributed by atoms with E-state index in [-0.39, 0.29) is 5.57 Å². The second kappa shape index (κ2) is 10.4. The molecule has 3 rings (SSSR count). The SMILES string of the molecule is C=C(C)[C@H](C(=O)OC(C)(C)C)N1C(=O)/C(=C/OC(=O)C(C)(C)C)[C@H]1SSc1nc2ccccc2s1. The fourth-order valence-electron chi connectivity index (χ4n) is 3.08. The van der Waals surface area contributed by atoms with Gasteiger partial charge in [-0.1, -0.05) is 29.5 Å². The summed E-state index contributed by atoms with van der Waals surface area (Å²) in [6.45, 7) is 16.1. The van der Waals surface area contributed by atoms with Crippen LogP contribution in [0.5, 0.6) is 0 Å². The quantitative estimate of drug-likeness (QED) is 0.107. The van der Waals surface area contributed by atoms with Gasteiger partial charge in [0.2, 0.25) is 0 Å². The van der Waals surface area contributed by atoms with Crippen LogP contribution in [0, 0.1) is 5.41 Å². The highest BCUT2D eigenvalue weighted by molar-refractivity contribution is 8.77. The minimum absolute atomic E-state index is 0.288. The zero-order valence-corrected chi connectivity index (χ0v) is 23.4. The van der Waals surface area contributed by atoms with Crippen LogP contribution in [0.3, 0.4) is 0 Å². The minimum atomic E-state index is -0.967. The van der Waals surface area contributed by atoms with Crippen LogP contribution in [0.25, 0.3) is 10.2 Å². The summed E-state index contributed by atoms with van der Waals surface area (Å²) in [6, 6.07) is 6.86. The highest BCUT2D eigenvalue weighted by Crippen LogP contribution is 2.47. The number of carbonyl (C=O) groups excluding carboxylic acids is 3. The molecule has 0 saturated carbocycles. The molecule has 0 aliphatic carbocycles. The molecule has 1 aromatic carbocycles. The third-order valence-electron chi connectivity index (χ3n) is 4.77. The number of benzene rings is 1. The molecule has 10 heteroatoms. The first kappa shape index (κ1) is 27.3. The van der Waals surface area contributed by atoms with Crippen LogP contribution in [0.2, 0.25) is 0 Å². The van der Waals surface area contributed by atoms with Crippen LogP contribution in [0.15, 0.2) is 52.6 Å². The molecule has 188 valence electrons. The maximum absolute atomic E-state index is 13.2. The maximum Gasteiger partial charge on any atom is 0.333 e. The summed E-state index contributed by atoms with van der Waals surface area (Å²) in [7, 11) is 2.75. The predicted octanol–water partition coefficient (Wildman–Crippen LogP) is 5.96. The molecule has 1 fully saturated rings. The number of esters is 2. The number of nitrogens with zero attached hydrogens (tertiary/aromatic N) is 2. The summed E-state index contributed by atoms with van der Waals surface area (Å²) < 4.78 is 12.8. The molecule has 2 heterocycles. The molecule has 35 heavy (non-hydrogen) atoms. The molecule has 1 aliphatic heterocycles. The molecule has 0 N–H and O–H groups in total. The minimum Gasteiger partial charge on any atom is -0.458 e. The van der Waals surface area contributed by atoms with Gasteiger partial charge in [0, 0.05) is 0 Å². The number of para-hydroxylation sites is 1. The van der Waals surface area contributed by atoms with Gasteiger partial charge in [0.25, 0.3) is 5.91 Å². The van der Waals surface area contributed by atoms with Gasteiger partial charge in [-0.05, 0) is 77.0 Å². The van der Waals surface area contributed by atoms with E-state index in [1.54, 1.807) is 59.8 Å². The summed E-state index contributed by atoms with van der Waals surface area (Å²) in [5.74, 6) is -1.42. The third-order valence-corrected chi connectivity index (χ3v) is 8.72. The lowest BCUT2D eigenvalue weighted by Gasteiger charge is -2.45. The standard InChI is InChI=1S/C25H30N2O5S3/c1-14(2)18(21(29)32-25(6,7)8)27-19(28)15(13-31-22(30)24(3,4)5)20(27)34-35-23-26-16-11-9-10-12-17(16)33-23/h9-13,18,20H,1H2,2-8H3/b15-13-/t18-,20-/m1/s1. The van der Waals surface area contributed by atoms with Crippen molar-refractivity contribution in [3.8, 4) is 0 Å². The van der Waals surface area contributed by atoms with Gasteiger partial charge in [0.1, 0.15) is 17.2 Å². The number of hydrogen-bond donors (Lipinski definition) is 0. The van der Waals surface area contributed by atoms with Crippen molar-refractivity contribution < 1.29 is 23.9 Å². The van der Waals surface area contributed by atoms with Crippen molar-refractivity contribution in [3.63, 3.8) is 0 Å². The summed E-state index contributed by atoms with van der Waals surface area (Å²) in [5.41, 5.74) is 0.215. The monoisotopic (exact) mass is 534 g/mol. The Labute approximate surface area is 217 Å². The lowest BCUT2D eigenvalue weighted by molar-refractivity contribution is -0.165. The molecular formula is C25H30N2O5S3. The summed E-state index contributed by atoms with van der Waals surface area (Å²) >= 11 is 1.54. The van der Waals surface area contributed by atoms with Gasteiger partial charge >= 0.3 is 11.9 Å². The lowest BCUT2D eigenvalue weighted by atomic mass is 9.97. The van der Waals surface area contributed by atoms with E-state index in [2.05, 4.69) is 11.6 Å². The summed E-state index contributed by atoms with van der Waals surface area (Å²) in [6.07, 6.45) is 1.20. The Kier molecular flexibility index (Phi) is 8.08. The molecule has 1 saturated heterocycles. The van der Waals surface area contributed by atoms with Crippen molar-refractivity contribution in [2.24, 2.45) is 5.41 Å². The smallest absolute Gasteiger partial charge is 0.333 e. The van der Waals surface area contributed by atoms with E-state index in [1.165, 1.54) is 32.7 Å². The van der Waals surface area contributed by atoms with Crippen LogP contribution in [-0.2, 0) is 23.9 Å². The second-order valence-corrected chi connectivity index (χ2v) is 13.8. The van der Waals surface area contributed by atoms with Crippen LogP contribution in [0.4, 0.5) is 0 Å². The number of thiazole rings is 1. The van der Waals surface area contributed by atoms with Crippen molar-refractivity contribution in [2.45, 2.75) is 69.8 Å². The summed E-state index contributed by atoms with van der Waals surface area (Å²) in [5, 5.41) is -0.568. The second-order valence-electron chi connectivity index (χ2n) is 10.2. The van der Waals surface area contributed by atoms with E-state index in [1.807, 2.05) is 24.3 Å². The first-order valence-corrected chi connectivity index (χ1v) is 14.0. The van der Waals surface area contributed by atoms with Gasteiger partial charge in [-0.3, -0.25) is 9.59 Å². The third kappa shape index (κ3) is 6.48. The lowest BCUT2D eigenvalue weighted by Crippen LogP contribution is -2.61. The maximum atomic E-state index is 13.2. The molecule has 1 aliphatic rings. The molecule has 1 amide bonds. The van der Waals surface area contributed by atoms with E-state index in [0.29, 0.717) is 5.57 Å². The Balaban J connectivity index is 1.88. The van der Waals surface area contributed by atoms with E-state index in [9.17, 15) is 14.4 Å². The number of amides is 1. The number of ether oxygens (including phenoxy) is 2. The molecular weight excluding hydrogens is 504 g/mol. The van der Waals surface area contributed by atoms with Crippen LogP contribution in [-0.4, -0.2) is 44.7 Å². The Hall–Kier alpha value is -2.30. The van der Waals surface area contributed by atoms with Crippen LogP contribution < -0.4 is 0 Å². The predicted molar refractivity (Wildman–Crippen MR) is 142 cm³/mol. The number of likely N-dealkylation sites (tertiary alicyclic amines) is 1. The van der Waals surface area contributed by atoms with E-state index in [4.69, 9.17) is 9.47 Å². The normalized spacial score (nSPS) is 18.4. The molecule has 0 unspecified atom stereocenters. The number of rotatable bonds is 7. The zero-order valence-electron chi connectivity index (χ0n) is 20.9. The fourth-order valence-corrected chi connectivity index (χ4v) is 6.94. The molecule has 7 nitrogen and oxygen atoms in total. The number of fused-ring (bicyclic) bond motifs is 1. The average molecular weight is 535 g/mol. The Morgan fingerprint density at radius 2 is 1.86 bits per heavy atom. The Morgan fingerprint density at radius 3 is 2.43 bits per heavy atom. The molecule has 2 atom stereocenters. The highest BCUT2D eigenvalue weighted by atomic mass is 33.1. The highest BCUT2D eigenvalue weighted by Gasteiger charge is 2.51. The van der Waals surface area contributed by atoms with Crippen molar-refractivity contribution in [2.75, 3.05) is 0 Å². The van der Waals surface area contributed by atoms with Crippen LogP contribution >= 0.6 is 32.9 Å². The first-order chi connectivity index (χ1) is 16.2. The molecule has 0 bridgehead atoms. The molecule has 2 aromatic rings. The Bertz CT molecular complexity index is 1160. The van der Waals surface area contributed by atoms with Gasteiger partial charge in [-0.2, -0.15) is 0 Å². The molecule has 0 radical (unpaired) electrons. The van der Waals surface area contributed by atoms with Crippen molar-refractivity contribution >= 4 is 61.0 Å². The zero-order chi connectivity index (χ0) is 26.1. The number of hydrogen-bond acceptors (Lipinski definition) is 9. The number of aromatic nitrogens is 1. The topological polar surface area (TPSA) is 85.8 Å². The molecule has 1 aromatic heterocycles. The van der Waals surface area contributed by atoms with Gasteiger partial charge in [0.05, 0.1) is 21.2 Å². The van der Waals surface area contributed by atoms with E-state index in [0.717, 1.165) is 14.6 Å². The summed E-state index contributed by atoms with van der Waals surface area (Å²) in [4.78, 5) is 44.5.